The van der Waals surface area contributed by atoms with E-state index in [1.54, 1.807) is 37.5 Å². The van der Waals surface area contributed by atoms with Crippen molar-refractivity contribution in [3.63, 3.8) is 0 Å². The second kappa shape index (κ2) is 5.22. The van der Waals surface area contributed by atoms with Gasteiger partial charge in [0, 0.05) is 24.5 Å². The third kappa shape index (κ3) is 2.60. The van der Waals surface area contributed by atoms with Crippen molar-refractivity contribution in [3.8, 4) is 0 Å². The van der Waals surface area contributed by atoms with Crippen LogP contribution in [0.3, 0.4) is 0 Å². The van der Waals surface area contributed by atoms with Gasteiger partial charge in [-0.3, -0.25) is 4.79 Å². The molecule has 1 aromatic heterocycles. The number of anilines is 2. The average molecular weight is 246 g/mol. The third-order valence-corrected chi connectivity index (χ3v) is 2.46. The van der Waals surface area contributed by atoms with Gasteiger partial charge in [0.05, 0.1) is 18.3 Å². The molecule has 0 aliphatic carbocycles. The van der Waals surface area contributed by atoms with E-state index in [0.29, 0.717) is 29.2 Å². The lowest BCUT2D eigenvalue weighted by atomic mass is 10.1. The Morgan fingerprint density at radius 2 is 2.28 bits per heavy atom. The van der Waals surface area contributed by atoms with E-state index in [9.17, 15) is 4.79 Å². The smallest absolute Gasteiger partial charge is 0.253 e. The van der Waals surface area contributed by atoms with Crippen molar-refractivity contribution in [1.29, 1.82) is 0 Å². The monoisotopic (exact) mass is 246 g/mol. The van der Waals surface area contributed by atoms with Crippen LogP contribution in [0.1, 0.15) is 16.1 Å². The van der Waals surface area contributed by atoms with Gasteiger partial charge in [0.1, 0.15) is 0 Å². The minimum atomic E-state index is -0.171. The fraction of sp³-hybridized carbons (Fsp3) is 0.167. The van der Waals surface area contributed by atoms with E-state index in [1.165, 1.54) is 0 Å². The van der Waals surface area contributed by atoms with Crippen LogP contribution in [-0.4, -0.2) is 18.1 Å². The Morgan fingerprint density at radius 3 is 2.94 bits per heavy atom. The number of nitrogens with two attached hydrogens (primary N) is 1. The van der Waals surface area contributed by atoms with Crippen LogP contribution in [-0.2, 0) is 6.54 Å². The number of hydrogen-bond donors (Lipinski definition) is 3. The molecule has 0 aliphatic rings. The molecule has 0 saturated carbocycles. The molecule has 0 aliphatic heterocycles. The number of aromatic nitrogens is 1. The number of benzene rings is 1. The van der Waals surface area contributed by atoms with E-state index < -0.39 is 0 Å². The molecule has 0 saturated heterocycles. The molecule has 0 atom stereocenters. The van der Waals surface area contributed by atoms with Gasteiger partial charge >= 0.3 is 0 Å². The van der Waals surface area contributed by atoms with Crippen molar-refractivity contribution in [1.82, 2.24) is 10.5 Å². The Kier molecular flexibility index (Phi) is 3.47. The van der Waals surface area contributed by atoms with E-state index in [-0.39, 0.29) is 5.91 Å². The predicted octanol–water partition coefficient (Wildman–Crippen LogP) is 1.23. The maximum absolute atomic E-state index is 11.7. The van der Waals surface area contributed by atoms with Crippen LogP contribution in [0.2, 0.25) is 0 Å². The van der Waals surface area contributed by atoms with Gasteiger partial charge in [0.25, 0.3) is 5.91 Å². The first-order valence-corrected chi connectivity index (χ1v) is 5.45. The summed E-state index contributed by atoms with van der Waals surface area (Å²) < 4.78 is 4.97. The van der Waals surface area contributed by atoms with Gasteiger partial charge in [-0.1, -0.05) is 5.16 Å². The summed E-state index contributed by atoms with van der Waals surface area (Å²) in [6, 6.07) is 6.82. The molecule has 1 amide bonds. The lowest BCUT2D eigenvalue weighted by molar-refractivity contribution is 0.0964. The molecule has 0 fully saturated rings. The molecule has 2 aromatic rings. The normalized spacial score (nSPS) is 10.1. The number of carbonyl (C=O) groups is 1. The Morgan fingerprint density at radius 1 is 1.44 bits per heavy atom. The maximum Gasteiger partial charge on any atom is 0.253 e. The Bertz CT molecular complexity index is 537. The van der Waals surface area contributed by atoms with E-state index in [1.807, 2.05) is 0 Å². The van der Waals surface area contributed by atoms with Crippen molar-refractivity contribution in [3.05, 3.63) is 41.8 Å². The SMILES string of the molecule is CNC(=O)c1ccc(N)cc1NCc1ccno1. The molecule has 4 N–H and O–H groups in total. The van der Waals surface area contributed by atoms with Gasteiger partial charge in [0.15, 0.2) is 5.76 Å². The summed E-state index contributed by atoms with van der Waals surface area (Å²) >= 11 is 0. The van der Waals surface area contributed by atoms with E-state index in [0.717, 1.165) is 0 Å². The van der Waals surface area contributed by atoms with Gasteiger partial charge in [-0.05, 0) is 18.2 Å². The molecule has 0 bridgehead atoms. The number of hydrogen-bond acceptors (Lipinski definition) is 5. The summed E-state index contributed by atoms with van der Waals surface area (Å²) in [5.41, 5.74) is 7.49. The van der Waals surface area contributed by atoms with Gasteiger partial charge in [-0.25, -0.2) is 0 Å². The van der Waals surface area contributed by atoms with Gasteiger partial charge < -0.3 is 20.9 Å². The first-order chi connectivity index (χ1) is 8.70. The van der Waals surface area contributed by atoms with E-state index in [2.05, 4.69) is 15.8 Å². The molecule has 18 heavy (non-hydrogen) atoms. The number of nitrogen functional groups attached to an aromatic ring is 1. The predicted molar refractivity (Wildman–Crippen MR) is 68.1 cm³/mol. The third-order valence-electron chi connectivity index (χ3n) is 2.46. The van der Waals surface area contributed by atoms with Crippen LogP contribution in [0.15, 0.2) is 35.0 Å². The molecule has 94 valence electrons. The second-order valence-corrected chi connectivity index (χ2v) is 3.72. The summed E-state index contributed by atoms with van der Waals surface area (Å²) in [5, 5.41) is 9.28. The quantitative estimate of drug-likeness (QED) is 0.705. The largest absolute Gasteiger partial charge is 0.399 e. The Hall–Kier alpha value is -2.50. The molecule has 6 nitrogen and oxygen atoms in total. The Balaban J connectivity index is 2.19. The second-order valence-electron chi connectivity index (χ2n) is 3.72. The lowest BCUT2D eigenvalue weighted by Gasteiger charge is -2.10. The zero-order valence-corrected chi connectivity index (χ0v) is 9.93. The summed E-state index contributed by atoms with van der Waals surface area (Å²) in [6.45, 7) is 0.438. The van der Waals surface area contributed by atoms with Crippen molar-refractivity contribution in [2.75, 3.05) is 18.1 Å². The minimum Gasteiger partial charge on any atom is -0.399 e. The van der Waals surface area contributed by atoms with Crippen LogP contribution in [0.5, 0.6) is 0 Å². The van der Waals surface area contributed by atoms with Crippen LogP contribution < -0.4 is 16.4 Å². The van der Waals surface area contributed by atoms with Crippen LogP contribution in [0.4, 0.5) is 11.4 Å². The minimum absolute atomic E-state index is 0.171. The van der Waals surface area contributed by atoms with Gasteiger partial charge in [-0.2, -0.15) is 0 Å². The highest BCUT2D eigenvalue weighted by Crippen LogP contribution is 2.20. The molecular formula is C12H14N4O2. The fourth-order valence-electron chi connectivity index (χ4n) is 1.56. The van der Waals surface area contributed by atoms with Crippen LogP contribution in [0.25, 0.3) is 0 Å². The van der Waals surface area contributed by atoms with Crippen molar-refractivity contribution in [2.24, 2.45) is 0 Å². The molecule has 1 heterocycles. The topological polar surface area (TPSA) is 93.2 Å². The number of nitrogens with zero attached hydrogens (tertiary/aromatic N) is 1. The molecule has 0 unspecified atom stereocenters. The summed E-state index contributed by atoms with van der Waals surface area (Å²) in [4.78, 5) is 11.7. The van der Waals surface area contributed by atoms with Crippen LogP contribution >= 0.6 is 0 Å². The first kappa shape index (κ1) is 12.0. The van der Waals surface area contributed by atoms with Gasteiger partial charge in [-0.15, -0.1) is 0 Å². The summed E-state index contributed by atoms with van der Waals surface area (Å²) in [5.74, 6) is 0.510. The molecular weight excluding hydrogens is 232 g/mol. The Labute approximate surface area is 104 Å². The molecule has 0 spiro atoms. The summed E-state index contributed by atoms with van der Waals surface area (Å²) in [7, 11) is 1.58. The number of nitrogens with one attached hydrogen (secondary N) is 2. The van der Waals surface area contributed by atoms with Crippen molar-refractivity contribution in [2.45, 2.75) is 6.54 Å². The molecule has 0 radical (unpaired) electrons. The highest BCUT2D eigenvalue weighted by Gasteiger charge is 2.10. The lowest BCUT2D eigenvalue weighted by Crippen LogP contribution is -2.19. The zero-order chi connectivity index (χ0) is 13.0. The first-order valence-electron chi connectivity index (χ1n) is 5.45. The highest BCUT2D eigenvalue weighted by molar-refractivity contribution is 6.00. The van der Waals surface area contributed by atoms with Crippen molar-refractivity contribution < 1.29 is 9.32 Å². The molecule has 6 heteroatoms. The maximum atomic E-state index is 11.7. The molecule has 1 aromatic carbocycles. The summed E-state index contributed by atoms with van der Waals surface area (Å²) in [6.07, 6.45) is 1.57. The van der Waals surface area contributed by atoms with E-state index in [4.69, 9.17) is 10.3 Å². The highest BCUT2D eigenvalue weighted by atomic mass is 16.5. The van der Waals surface area contributed by atoms with Crippen molar-refractivity contribution >= 4 is 17.3 Å². The number of carbonyl (C=O) groups excluding carboxylic acids is 1. The average Bonchev–Trinajstić information content (AvgIpc) is 2.88. The zero-order valence-electron chi connectivity index (χ0n) is 9.93. The standard InChI is InChI=1S/C12H14N4O2/c1-14-12(17)10-3-2-8(13)6-11(10)15-7-9-4-5-16-18-9/h2-6,15H,7,13H2,1H3,(H,14,17). The number of amides is 1. The number of rotatable bonds is 4. The fourth-order valence-corrected chi connectivity index (χ4v) is 1.56. The van der Waals surface area contributed by atoms with Crippen LogP contribution in [0, 0.1) is 0 Å². The van der Waals surface area contributed by atoms with Gasteiger partial charge in [0.2, 0.25) is 0 Å². The van der Waals surface area contributed by atoms with E-state index >= 15 is 0 Å². The molecule has 2 rings (SSSR count).